The average Bonchev–Trinajstić information content (AvgIpc) is 2.16. The van der Waals surface area contributed by atoms with E-state index in [0.29, 0.717) is 13.0 Å². The SMILES string of the molecule is O=CCCCCCNCC(O)CO. The van der Waals surface area contributed by atoms with Crippen molar-refractivity contribution in [3.8, 4) is 0 Å². The molecule has 0 saturated heterocycles. The van der Waals surface area contributed by atoms with E-state index >= 15 is 0 Å². The number of hydrogen-bond donors (Lipinski definition) is 3. The van der Waals surface area contributed by atoms with Crippen LogP contribution in [0.15, 0.2) is 0 Å². The van der Waals surface area contributed by atoms with Gasteiger partial charge in [-0.1, -0.05) is 6.42 Å². The zero-order valence-electron chi connectivity index (χ0n) is 7.91. The van der Waals surface area contributed by atoms with Crippen molar-refractivity contribution < 1.29 is 15.0 Å². The number of nitrogens with one attached hydrogen (secondary N) is 1. The van der Waals surface area contributed by atoms with Crippen molar-refractivity contribution in [1.29, 1.82) is 0 Å². The molecule has 0 spiro atoms. The Bertz CT molecular complexity index is 119. The number of aliphatic hydroxyl groups excluding tert-OH is 2. The van der Waals surface area contributed by atoms with Gasteiger partial charge in [0.2, 0.25) is 0 Å². The highest BCUT2D eigenvalue weighted by Crippen LogP contribution is 1.95. The van der Waals surface area contributed by atoms with E-state index in [-0.39, 0.29) is 6.61 Å². The second-order valence-corrected chi connectivity index (χ2v) is 3.06. The Labute approximate surface area is 79.0 Å². The summed E-state index contributed by atoms with van der Waals surface area (Å²) < 4.78 is 0. The van der Waals surface area contributed by atoms with Crippen LogP contribution >= 0.6 is 0 Å². The Morgan fingerprint density at radius 2 is 2.08 bits per heavy atom. The van der Waals surface area contributed by atoms with Gasteiger partial charge >= 0.3 is 0 Å². The van der Waals surface area contributed by atoms with E-state index in [1.54, 1.807) is 0 Å². The molecule has 4 nitrogen and oxygen atoms in total. The van der Waals surface area contributed by atoms with Crippen molar-refractivity contribution in [3.63, 3.8) is 0 Å². The molecule has 0 aromatic heterocycles. The fourth-order valence-electron chi connectivity index (χ4n) is 0.988. The summed E-state index contributed by atoms with van der Waals surface area (Å²) in [5.74, 6) is 0. The first kappa shape index (κ1) is 12.6. The first-order valence-electron chi connectivity index (χ1n) is 4.74. The topological polar surface area (TPSA) is 69.6 Å². The van der Waals surface area contributed by atoms with Gasteiger partial charge in [-0.25, -0.2) is 0 Å². The Morgan fingerprint density at radius 3 is 2.69 bits per heavy atom. The average molecular weight is 189 g/mol. The third-order valence-electron chi connectivity index (χ3n) is 1.77. The number of carbonyl (C=O) groups excluding carboxylic acids is 1. The molecule has 0 radical (unpaired) electrons. The molecule has 0 bridgehead atoms. The van der Waals surface area contributed by atoms with Crippen molar-refractivity contribution in [2.75, 3.05) is 19.7 Å². The van der Waals surface area contributed by atoms with Gasteiger partial charge in [0.05, 0.1) is 12.7 Å². The van der Waals surface area contributed by atoms with Crippen LogP contribution in [0.1, 0.15) is 25.7 Å². The number of aliphatic hydroxyl groups is 2. The van der Waals surface area contributed by atoms with Gasteiger partial charge in [0.15, 0.2) is 0 Å². The predicted octanol–water partition coefficient (Wildman–Crippen LogP) is -0.311. The number of aldehydes is 1. The Hall–Kier alpha value is -0.450. The largest absolute Gasteiger partial charge is 0.394 e. The Morgan fingerprint density at radius 1 is 1.31 bits per heavy atom. The molecule has 1 unspecified atom stereocenters. The lowest BCUT2D eigenvalue weighted by molar-refractivity contribution is -0.107. The van der Waals surface area contributed by atoms with Gasteiger partial charge in [0.25, 0.3) is 0 Å². The zero-order chi connectivity index (χ0) is 9.94. The van der Waals surface area contributed by atoms with E-state index in [2.05, 4.69) is 5.32 Å². The van der Waals surface area contributed by atoms with Crippen LogP contribution in [0, 0.1) is 0 Å². The third-order valence-corrected chi connectivity index (χ3v) is 1.77. The monoisotopic (exact) mass is 189 g/mol. The number of hydrogen-bond acceptors (Lipinski definition) is 4. The highest BCUT2D eigenvalue weighted by atomic mass is 16.3. The maximum atomic E-state index is 9.95. The summed E-state index contributed by atoms with van der Waals surface area (Å²) >= 11 is 0. The van der Waals surface area contributed by atoms with Crippen molar-refractivity contribution in [3.05, 3.63) is 0 Å². The molecular weight excluding hydrogens is 170 g/mol. The molecule has 1 atom stereocenters. The molecule has 4 heteroatoms. The number of carbonyl (C=O) groups is 1. The van der Waals surface area contributed by atoms with E-state index < -0.39 is 6.10 Å². The van der Waals surface area contributed by atoms with Crippen molar-refractivity contribution in [2.45, 2.75) is 31.8 Å². The minimum absolute atomic E-state index is 0.196. The van der Waals surface area contributed by atoms with Crippen LogP contribution in [0.25, 0.3) is 0 Å². The second-order valence-electron chi connectivity index (χ2n) is 3.06. The maximum absolute atomic E-state index is 9.95. The maximum Gasteiger partial charge on any atom is 0.119 e. The Balaban J connectivity index is 2.95. The van der Waals surface area contributed by atoms with Crippen LogP contribution in [-0.2, 0) is 4.79 Å². The highest BCUT2D eigenvalue weighted by molar-refractivity contribution is 5.48. The number of rotatable bonds is 9. The van der Waals surface area contributed by atoms with Gasteiger partial charge < -0.3 is 20.3 Å². The van der Waals surface area contributed by atoms with E-state index in [9.17, 15) is 4.79 Å². The number of unbranched alkanes of at least 4 members (excludes halogenated alkanes) is 3. The van der Waals surface area contributed by atoms with Crippen LogP contribution in [0.4, 0.5) is 0 Å². The zero-order valence-corrected chi connectivity index (χ0v) is 7.91. The summed E-state index contributed by atoms with van der Waals surface area (Å²) in [4.78, 5) is 9.95. The van der Waals surface area contributed by atoms with Crippen LogP contribution in [0.5, 0.6) is 0 Å². The molecule has 0 aliphatic rings. The van der Waals surface area contributed by atoms with Crippen LogP contribution in [0.3, 0.4) is 0 Å². The standard InChI is InChI=1S/C9H19NO3/c11-6-4-2-1-3-5-10-7-9(13)8-12/h6,9-10,12-13H,1-5,7-8H2. The van der Waals surface area contributed by atoms with Gasteiger partial charge in [-0.3, -0.25) is 0 Å². The lowest BCUT2D eigenvalue weighted by atomic mass is 10.2. The molecule has 0 fully saturated rings. The molecule has 3 N–H and O–H groups in total. The lowest BCUT2D eigenvalue weighted by Crippen LogP contribution is -2.29. The molecule has 0 aromatic carbocycles. The molecule has 0 aliphatic carbocycles. The molecular formula is C9H19NO3. The van der Waals surface area contributed by atoms with Crippen molar-refractivity contribution in [2.24, 2.45) is 0 Å². The van der Waals surface area contributed by atoms with Gasteiger partial charge in [-0.15, -0.1) is 0 Å². The summed E-state index contributed by atoms with van der Waals surface area (Å²) in [6.07, 6.45) is 3.89. The summed E-state index contributed by atoms with van der Waals surface area (Å²) in [6, 6.07) is 0. The first-order chi connectivity index (χ1) is 6.31. The first-order valence-corrected chi connectivity index (χ1v) is 4.74. The minimum Gasteiger partial charge on any atom is -0.394 e. The van der Waals surface area contributed by atoms with Crippen LogP contribution in [-0.4, -0.2) is 42.3 Å². The molecule has 0 rings (SSSR count). The van der Waals surface area contributed by atoms with Crippen molar-refractivity contribution in [1.82, 2.24) is 5.32 Å². The summed E-state index contributed by atoms with van der Waals surface area (Å²) in [5.41, 5.74) is 0. The molecule has 13 heavy (non-hydrogen) atoms. The van der Waals surface area contributed by atoms with Crippen LogP contribution in [0.2, 0.25) is 0 Å². The van der Waals surface area contributed by atoms with E-state index in [1.165, 1.54) is 0 Å². The van der Waals surface area contributed by atoms with E-state index in [1.807, 2.05) is 0 Å². The van der Waals surface area contributed by atoms with Gasteiger partial charge in [0.1, 0.15) is 6.29 Å². The molecule has 0 saturated carbocycles. The molecule has 78 valence electrons. The highest BCUT2D eigenvalue weighted by Gasteiger charge is 1.99. The van der Waals surface area contributed by atoms with Crippen LogP contribution < -0.4 is 5.32 Å². The fourth-order valence-corrected chi connectivity index (χ4v) is 0.988. The van der Waals surface area contributed by atoms with E-state index in [4.69, 9.17) is 10.2 Å². The van der Waals surface area contributed by atoms with E-state index in [0.717, 1.165) is 32.1 Å². The fraction of sp³-hybridized carbons (Fsp3) is 0.889. The quantitative estimate of drug-likeness (QED) is 0.344. The van der Waals surface area contributed by atoms with Gasteiger partial charge in [0, 0.05) is 13.0 Å². The Kier molecular flexibility index (Phi) is 9.30. The molecule has 0 heterocycles. The van der Waals surface area contributed by atoms with Gasteiger partial charge in [-0.05, 0) is 19.4 Å². The normalized spacial score (nSPS) is 12.8. The summed E-state index contributed by atoms with van der Waals surface area (Å²) in [7, 11) is 0. The lowest BCUT2D eigenvalue weighted by Gasteiger charge is -2.07. The van der Waals surface area contributed by atoms with Crippen molar-refractivity contribution >= 4 is 6.29 Å². The smallest absolute Gasteiger partial charge is 0.119 e. The molecule has 0 amide bonds. The third kappa shape index (κ3) is 9.46. The minimum atomic E-state index is -0.657. The molecule has 0 aromatic rings. The second kappa shape index (κ2) is 9.64. The summed E-state index contributed by atoms with van der Waals surface area (Å²) in [6.45, 7) is 1.07. The predicted molar refractivity (Wildman–Crippen MR) is 50.5 cm³/mol. The molecule has 0 aliphatic heterocycles. The summed E-state index contributed by atoms with van der Waals surface area (Å²) in [5, 5.41) is 20.4. The van der Waals surface area contributed by atoms with Gasteiger partial charge in [-0.2, -0.15) is 0 Å².